The third kappa shape index (κ3) is 3.15. The number of likely N-dealkylation sites (N-methyl/N-ethyl adjacent to an activating group) is 1. The van der Waals surface area contributed by atoms with Gasteiger partial charge in [-0.05, 0) is 7.05 Å². The molecule has 0 saturated carbocycles. The Kier molecular flexibility index (Phi) is 3.90. The number of amides is 1. The van der Waals surface area contributed by atoms with Gasteiger partial charge >= 0.3 is 12.1 Å². The summed E-state index contributed by atoms with van der Waals surface area (Å²) in [4.78, 5) is 25.9. The summed E-state index contributed by atoms with van der Waals surface area (Å²) < 4.78 is 37.3. The number of halogens is 3. The SMILES string of the molecule is CN1CCN(C(=O)c2cc(C(F)(F)F)[nH]n2)C[C@H]1C(=O)O. The normalized spacial score (nSPS) is 20.6. The Labute approximate surface area is 117 Å². The van der Waals surface area contributed by atoms with Gasteiger partial charge < -0.3 is 10.0 Å². The number of carboxylic acid groups (broad SMARTS) is 1. The molecule has 0 aliphatic carbocycles. The molecule has 21 heavy (non-hydrogen) atoms. The fraction of sp³-hybridized carbons (Fsp3) is 0.545. The van der Waals surface area contributed by atoms with Crippen LogP contribution in [-0.2, 0) is 11.0 Å². The van der Waals surface area contributed by atoms with Crippen LogP contribution in [0.2, 0.25) is 0 Å². The molecule has 7 nitrogen and oxygen atoms in total. The minimum absolute atomic E-state index is 0.0983. The van der Waals surface area contributed by atoms with Gasteiger partial charge in [0.1, 0.15) is 11.7 Å². The van der Waals surface area contributed by atoms with Gasteiger partial charge in [-0.2, -0.15) is 18.3 Å². The number of rotatable bonds is 2. The molecule has 1 saturated heterocycles. The second-order valence-electron chi connectivity index (χ2n) is 4.75. The highest BCUT2D eigenvalue weighted by Gasteiger charge is 2.36. The van der Waals surface area contributed by atoms with Gasteiger partial charge in [0, 0.05) is 25.7 Å². The van der Waals surface area contributed by atoms with Crippen molar-refractivity contribution in [3.63, 3.8) is 0 Å². The zero-order chi connectivity index (χ0) is 15.8. The van der Waals surface area contributed by atoms with Crippen LogP contribution in [0.15, 0.2) is 6.07 Å². The Morgan fingerprint density at radius 3 is 2.62 bits per heavy atom. The summed E-state index contributed by atoms with van der Waals surface area (Å²) in [5.74, 6) is -1.81. The number of piperazine rings is 1. The van der Waals surface area contributed by atoms with Crippen LogP contribution in [-0.4, -0.2) is 69.7 Å². The van der Waals surface area contributed by atoms with Crippen molar-refractivity contribution in [2.45, 2.75) is 12.2 Å². The quantitative estimate of drug-likeness (QED) is 0.818. The number of carboxylic acids is 1. The number of H-pyrrole nitrogens is 1. The van der Waals surface area contributed by atoms with E-state index in [0.29, 0.717) is 12.6 Å². The van der Waals surface area contributed by atoms with Crippen molar-refractivity contribution in [3.05, 3.63) is 17.5 Å². The molecule has 1 fully saturated rings. The van der Waals surface area contributed by atoms with Crippen molar-refractivity contribution in [2.24, 2.45) is 0 Å². The highest BCUT2D eigenvalue weighted by Crippen LogP contribution is 2.28. The van der Waals surface area contributed by atoms with Gasteiger partial charge in [0.2, 0.25) is 0 Å². The molecule has 116 valence electrons. The number of carbonyl (C=O) groups excluding carboxylic acids is 1. The van der Waals surface area contributed by atoms with Gasteiger partial charge in [0.25, 0.3) is 5.91 Å². The van der Waals surface area contributed by atoms with Gasteiger partial charge in [0.05, 0.1) is 0 Å². The number of aromatic nitrogens is 2. The smallest absolute Gasteiger partial charge is 0.432 e. The van der Waals surface area contributed by atoms with Crippen molar-refractivity contribution >= 4 is 11.9 Å². The summed E-state index contributed by atoms with van der Waals surface area (Å²) in [7, 11) is 1.61. The average Bonchev–Trinajstić information content (AvgIpc) is 2.87. The number of nitrogens with one attached hydrogen (secondary N) is 1. The highest BCUT2D eigenvalue weighted by atomic mass is 19.4. The Morgan fingerprint density at radius 2 is 2.10 bits per heavy atom. The summed E-state index contributed by atoms with van der Waals surface area (Å²) in [5.41, 5.74) is -1.49. The molecule has 0 spiro atoms. The van der Waals surface area contributed by atoms with E-state index in [1.165, 1.54) is 4.90 Å². The Bertz CT molecular complexity index is 557. The standard InChI is InChI=1S/C11H13F3N4O3/c1-17-2-3-18(5-7(17)10(20)21)9(19)6-4-8(16-15-6)11(12,13)14/h4,7H,2-3,5H2,1H3,(H,15,16)(H,20,21)/t7-/m0/s1. The minimum atomic E-state index is -4.61. The molecule has 0 unspecified atom stereocenters. The fourth-order valence-electron chi connectivity index (χ4n) is 2.06. The van der Waals surface area contributed by atoms with Crippen LogP contribution in [0.5, 0.6) is 0 Å². The van der Waals surface area contributed by atoms with Crippen molar-refractivity contribution in [1.82, 2.24) is 20.0 Å². The van der Waals surface area contributed by atoms with Crippen LogP contribution in [0.1, 0.15) is 16.2 Å². The van der Waals surface area contributed by atoms with E-state index in [1.54, 1.807) is 17.0 Å². The van der Waals surface area contributed by atoms with E-state index < -0.39 is 29.8 Å². The van der Waals surface area contributed by atoms with Crippen LogP contribution < -0.4 is 0 Å². The first-order chi connectivity index (χ1) is 9.70. The predicted molar refractivity (Wildman–Crippen MR) is 63.5 cm³/mol. The number of nitrogens with zero attached hydrogens (tertiary/aromatic N) is 3. The van der Waals surface area contributed by atoms with E-state index in [4.69, 9.17) is 5.11 Å². The largest absolute Gasteiger partial charge is 0.480 e. The predicted octanol–water partition coefficient (Wildman–Crippen LogP) is 0.269. The van der Waals surface area contributed by atoms with Crippen molar-refractivity contribution in [3.8, 4) is 0 Å². The Morgan fingerprint density at radius 1 is 1.43 bits per heavy atom. The number of hydrogen-bond donors (Lipinski definition) is 2. The van der Waals surface area contributed by atoms with E-state index in [9.17, 15) is 22.8 Å². The van der Waals surface area contributed by atoms with Crippen LogP contribution in [0.4, 0.5) is 13.2 Å². The first kappa shape index (κ1) is 15.3. The lowest BCUT2D eigenvalue weighted by Gasteiger charge is -2.36. The molecular weight excluding hydrogens is 293 g/mol. The molecule has 0 bridgehead atoms. The molecule has 2 heterocycles. The van der Waals surface area contributed by atoms with Gasteiger partial charge in [-0.25, -0.2) is 0 Å². The molecule has 1 aliphatic rings. The zero-order valence-corrected chi connectivity index (χ0v) is 11.0. The van der Waals surface area contributed by atoms with E-state index in [0.717, 1.165) is 0 Å². The van der Waals surface area contributed by atoms with Crippen LogP contribution in [0, 0.1) is 0 Å². The number of aliphatic carboxylic acids is 1. The molecule has 2 rings (SSSR count). The van der Waals surface area contributed by atoms with Crippen LogP contribution in [0.25, 0.3) is 0 Å². The molecule has 1 atom stereocenters. The monoisotopic (exact) mass is 306 g/mol. The first-order valence-corrected chi connectivity index (χ1v) is 6.05. The molecule has 0 aromatic carbocycles. The Hall–Kier alpha value is -2.10. The molecule has 1 aromatic heterocycles. The third-order valence-electron chi connectivity index (χ3n) is 3.32. The van der Waals surface area contributed by atoms with Gasteiger partial charge in [-0.15, -0.1) is 0 Å². The maximum Gasteiger partial charge on any atom is 0.432 e. The van der Waals surface area contributed by atoms with Gasteiger partial charge in [0.15, 0.2) is 5.69 Å². The second-order valence-corrected chi connectivity index (χ2v) is 4.75. The average molecular weight is 306 g/mol. The topological polar surface area (TPSA) is 89.5 Å². The van der Waals surface area contributed by atoms with Crippen LogP contribution in [0.3, 0.4) is 0 Å². The lowest BCUT2D eigenvalue weighted by molar-refractivity contribution is -0.144. The van der Waals surface area contributed by atoms with Gasteiger partial charge in [-0.3, -0.25) is 19.6 Å². The van der Waals surface area contributed by atoms with E-state index >= 15 is 0 Å². The van der Waals surface area contributed by atoms with Crippen LogP contribution >= 0.6 is 0 Å². The number of carbonyl (C=O) groups is 2. The maximum atomic E-state index is 12.4. The third-order valence-corrected chi connectivity index (χ3v) is 3.32. The number of aromatic amines is 1. The zero-order valence-electron chi connectivity index (χ0n) is 11.0. The van der Waals surface area contributed by atoms with E-state index in [2.05, 4.69) is 5.10 Å². The molecule has 1 aromatic rings. The van der Waals surface area contributed by atoms with Crippen molar-refractivity contribution in [2.75, 3.05) is 26.7 Å². The molecular formula is C11H13F3N4O3. The van der Waals surface area contributed by atoms with Crippen molar-refractivity contribution < 1.29 is 27.9 Å². The number of hydrogen-bond acceptors (Lipinski definition) is 4. The summed E-state index contributed by atoms with van der Waals surface area (Å²) in [6.45, 7) is 0.450. The van der Waals surface area contributed by atoms with Gasteiger partial charge in [-0.1, -0.05) is 0 Å². The van der Waals surface area contributed by atoms with Crippen molar-refractivity contribution in [1.29, 1.82) is 0 Å². The molecule has 0 radical (unpaired) electrons. The molecule has 10 heteroatoms. The summed E-state index contributed by atoms with van der Waals surface area (Å²) in [6.07, 6.45) is -4.61. The first-order valence-electron chi connectivity index (χ1n) is 6.05. The highest BCUT2D eigenvalue weighted by molar-refractivity contribution is 5.93. The summed E-state index contributed by atoms with van der Waals surface area (Å²) in [5, 5.41) is 14.1. The Balaban J connectivity index is 2.13. The van der Waals surface area contributed by atoms with E-state index in [-0.39, 0.29) is 18.8 Å². The summed E-state index contributed by atoms with van der Waals surface area (Å²) in [6, 6.07) is -0.264. The number of alkyl halides is 3. The maximum absolute atomic E-state index is 12.4. The summed E-state index contributed by atoms with van der Waals surface area (Å²) >= 11 is 0. The fourth-order valence-corrected chi connectivity index (χ4v) is 2.06. The molecule has 2 N–H and O–H groups in total. The lowest BCUT2D eigenvalue weighted by atomic mass is 10.1. The molecule has 1 aliphatic heterocycles. The lowest BCUT2D eigenvalue weighted by Crippen LogP contribution is -2.56. The van der Waals surface area contributed by atoms with E-state index in [1.807, 2.05) is 0 Å². The second kappa shape index (κ2) is 5.35. The molecule has 1 amide bonds. The minimum Gasteiger partial charge on any atom is -0.480 e.